The van der Waals surface area contributed by atoms with Crippen LogP contribution in [0.2, 0.25) is 0 Å². The first kappa shape index (κ1) is 15.0. The van der Waals surface area contributed by atoms with Crippen LogP contribution in [-0.2, 0) is 17.4 Å². The summed E-state index contributed by atoms with van der Waals surface area (Å²) in [4.78, 5) is 3.46. The number of hydrogen-bond donors (Lipinski definition) is 1. The second-order valence-electron chi connectivity index (χ2n) is 6.42. The predicted molar refractivity (Wildman–Crippen MR) is 93.4 cm³/mol. The summed E-state index contributed by atoms with van der Waals surface area (Å²) in [5.74, 6) is 0. The van der Waals surface area contributed by atoms with Crippen molar-refractivity contribution in [2.75, 3.05) is 0 Å². The number of aromatic amines is 1. The summed E-state index contributed by atoms with van der Waals surface area (Å²) >= 11 is 3.53. The van der Waals surface area contributed by atoms with Crippen molar-refractivity contribution < 1.29 is 4.21 Å². The Morgan fingerprint density at radius 3 is 2.76 bits per heavy atom. The fourth-order valence-electron chi connectivity index (χ4n) is 2.61. The Balaban J connectivity index is 2.12. The van der Waals surface area contributed by atoms with Gasteiger partial charge in [0.1, 0.15) is 11.0 Å². The number of nitrogens with zero attached hydrogens (tertiary/aromatic N) is 1. The molecule has 0 radical (unpaired) electrons. The SMILES string of the molecule is CC(C)(C)S(=O)/N=C1/CCCc2c1[nH]c1ccc(Br)cc21. The highest BCUT2D eigenvalue weighted by Crippen LogP contribution is 2.31. The lowest BCUT2D eigenvalue weighted by atomic mass is 9.94. The van der Waals surface area contributed by atoms with Gasteiger partial charge in [0.2, 0.25) is 0 Å². The molecule has 1 aliphatic carbocycles. The highest BCUT2D eigenvalue weighted by atomic mass is 79.9. The highest BCUT2D eigenvalue weighted by Gasteiger charge is 2.24. The Hall–Kier alpha value is -0.940. The predicted octanol–water partition coefficient (Wildman–Crippen LogP) is 4.52. The van der Waals surface area contributed by atoms with E-state index in [1.54, 1.807) is 0 Å². The standard InChI is InChI=1S/C16H19BrN2OS/c1-16(2,3)21(20)19-14-6-4-5-11-12-9-10(17)7-8-13(12)18-15(11)14/h7-9,18H,4-6H2,1-3H3/b19-14-. The highest BCUT2D eigenvalue weighted by molar-refractivity contribution is 9.10. The van der Waals surface area contributed by atoms with Crippen LogP contribution < -0.4 is 0 Å². The topological polar surface area (TPSA) is 45.2 Å². The van der Waals surface area contributed by atoms with Gasteiger partial charge in [0, 0.05) is 15.4 Å². The second-order valence-corrected chi connectivity index (χ2v) is 9.24. The van der Waals surface area contributed by atoms with Crippen molar-refractivity contribution in [3.63, 3.8) is 0 Å². The van der Waals surface area contributed by atoms with Gasteiger partial charge in [-0.3, -0.25) is 0 Å². The van der Waals surface area contributed by atoms with Crippen LogP contribution in [0.15, 0.2) is 27.1 Å². The molecule has 1 N–H and O–H groups in total. The molecule has 0 saturated carbocycles. The number of hydrogen-bond acceptors (Lipinski definition) is 1. The summed E-state index contributed by atoms with van der Waals surface area (Å²) in [7, 11) is -1.21. The third-order valence-electron chi connectivity index (χ3n) is 3.71. The van der Waals surface area contributed by atoms with Gasteiger partial charge < -0.3 is 4.98 Å². The number of fused-ring (bicyclic) bond motifs is 3. The lowest BCUT2D eigenvalue weighted by Gasteiger charge is -2.18. The molecule has 5 heteroatoms. The van der Waals surface area contributed by atoms with Gasteiger partial charge in [0.25, 0.3) is 0 Å². The van der Waals surface area contributed by atoms with Gasteiger partial charge in [-0.1, -0.05) is 15.9 Å². The normalized spacial score (nSPS) is 19.0. The average molecular weight is 367 g/mol. The van der Waals surface area contributed by atoms with Crippen LogP contribution in [-0.4, -0.2) is 19.7 Å². The van der Waals surface area contributed by atoms with Crippen LogP contribution >= 0.6 is 15.9 Å². The van der Waals surface area contributed by atoms with Crippen molar-refractivity contribution in [1.29, 1.82) is 0 Å². The zero-order valence-electron chi connectivity index (χ0n) is 12.5. The van der Waals surface area contributed by atoms with Crippen molar-refractivity contribution in [2.24, 2.45) is 4.40 Å². The molecule has 2 aromatic rings. The largest absolute Gasteiger partial charge is 0.353 e. The first-order valence-corrected chi connectivity index (χ1v) is 9.06. The maximum atomic E-state index is 12.3. The summed E-state index contributed by atoms with van der Waals surface area (Å²) < 4.78 is 17.6. The van der Waals surface area contributed by atoms with Crippen molar-refractivity contribution in [1.82, 2.24) is 4.98 Å². The monoisotopic (exact) mass is 366 g/mol. The summed E-state index contributed by atoms with van der Waals surface area (Å²) in [5, 5.41) is 1.24. The van der Waals surface area contributed by atoms with E-state index >= 15 is 0 Å². The van der Waals surface area contributed by atoms with E-state index in [0.717, 1.165) is 40.7 Å². The fourth-order valence-corrected chi connectivity index (χ4v) is 3.63. The number of halogens is 1. The van der Waals surface area contributed by atoms with Gasteiger partial charge >= 0.3 is 0 Å². The molecule has 0 fully saturated rings. The van der Waals surface area contributed by atoms with Crippen molar-refractivity contribution in [3.05, 3.63) is 33.9 Å². The Kier molecular flexibility index (Phi) is 3.82. The Labute approximate surface area is 136 Å². The van der Waals surface area contributed by atoms with Crippen LogP contribution in [0.1, 0.15) is 44.9 Å². The van der Waals surface area contributed by atoms with Gasteiger partial charge in [0.15, 0.2) is 0 Å². The smallest absolute Gasteiger partial charge is 0.145 e. The molecular formula is C16H19BrN2OS. The van der Waals surface area contributed by atoms with E-state index in [9.17, 15) is 4.21 Å². The third kappa shape index (κ3) is 2.86. The molecule has 0 spiro atoms. The van der Waals surface area contributed by atoms with E-state index in [2.05, 4.69) is 37.4 Å². The van der Waals surface area contributed by atoms with E-state index in [1.165, 1.54) is 10.9 Å². The maximum absolute atomic E-state index is 12.3. The molecule has 112 valence electrons. The number of rotatable bonds is 1. The van der Waals surface area contributed by atoms with Crippen LogP contribution in [0.4, 0.5) is 0 Å². The van der Waals surface area contributed by atoms with E-state index in [-0.39, 0.29) is 4.75 Å². The first-order valence-electron chi connectivity index (χ1n) is 7.16. The molecule has 1 atom stereocenters. The van der Waals surface area contributed by atoms with Crippen molar-refractivity contribution in [2.45, 2.75) is 44.8 Å². The summed E-state index contributed by atoms with van der Waals surface area (Å²) in [6.45, 7) is 5.87. The molecular weight excluding hydrogens is 348 g/mol. The molecule has 1 heterocycles. The van der Waals surface area contributed by atoms with Gasteiger partial charge in [-0.15, -0.1) is 0 Å². The number of benzene rings is 1. The van der Waals surface area contributed by atoms with Gasteiger partial charge in [-0.25, -0.2) is 4.21 Å². The molecule has 0 saturated heterocycles. The molecule has 1 unspecified atom stereocenters. The van der Waals surface area contributed by atoms with Gasteiger partial charge in [0.05, 0.1) is 16.2 Å². The summed E-state index contributed by atoms with van der Waals surface area (Å²) in [6.07, 6.45) is 3.00. The number of aromatic nitrogens is 1. The molecule has 1 aromatic carbocycles. The minimum Gasteiger partial charge on any atom is -0.353 e. The quantitative estimate of drug-likeness (QED) is 0.792. The lowest BCUT2D eigenvalue weighted by molar-refractivity contribution is 0.650. The average Bonchev–Trinajstić information content (AvgIpc) is 2.77. The van der Waals surface area contributed by atoms with Gasteiger partial charge in [-0.05, 0) is 63.8 Å². The molecule has 0 aliphatic heterocycles. The second kappa shape index (κ2) is 5.36. The number of H-pyrrole nitrogens is 1. The minimum atomic E-state index is -1.21. The van der Waals surface area contributed by atoms with E-state index in [0.29, 0.717) is 0 Å². The number of aryl methyl sites for hydroxylation is 1. The number of nitrogens with one attached hydrogen (secondary N) is 1. The maximum Gasteiger partial charge on any atom is 0.145 e. The fraction of sp³-hybridized carbons (Fsp3) is 0.438. The third-order valence-corrected chi connectivity index (χ3v) is 5.64. The summed E-state index contributed by atoms with van der Waals surface area (Å²) in [5.41, 5.74) is 4.46. The molecule has 1 aliphatic rings. The van der Waals surface area contributed by atoms with E-state index < -0.39 is 11.0 Å². The van der Waals surface area contributed by atoms with E-state index in [1.807, 2.05) is 26.8 Å². The molecule has 21 heavy (non-hydrogen) atoms. The lowest BCUT2D eigenvalue weighted by Crippen LogP contribution is -2.22. The Bertz CT molecular complexity index is 755. The zero-order chi connectivity index (χ0) is 15.2. The first-order chi connectivity index (χ1) is 9.86. The molecule has 1 aromatic heterocycles. The zero-order valence-corrected chi connectivity index (χ0v) is 14.9. The molecule has 3 nitrogen and oxygen atoms in total. The minimum absolute atomic E-state index is 0.320. The van der Waals surface area contributed by atoms with Crippen LogP contribution in [0.25, 0.3) is 10.9 Å². The molecule has 0 bridgehead atoms. The van der Waals surface area contributed by atoms with Crippen LogP contribution in [0.3, 0.4) is 0 Å². The van der Waals surface area contributed by atoms with Crippen molar-refractivity contribution in [3.8, 4) is 0 Å². The van der Waals surface area contributed by atoms with Crippen molar-refractivity contribution >= 4 is 43.5 Å². The van der Waals surface area contributed by atoms with Crippen LogP contribution in [0, 0.1) is 0 Å². The van der Waals surface area contributed by atoms with Gasteiger partial charge in [-0.2, -0.15) is 4.40 Å². The Morgan fingerprint density at radius 1 is 1.29 bits per heavy atom. The Morgan fingerprint density at radius 2 is 2.05 bits per heavy atom. The van der Waals surface area contributed by atoms with Crippen LogP contribution in [0.5, 0.6) is 0 Å². The summed E-state index contributed by atoms with van der Waals surface area (Å²) in [6, 6.07) is 6.26. The molecule has 0 amide bonds. The molecule has 3 rings (SSSR count). The van der Waals surface area contributed by atoms with E-state index in [4.69, 9.17) is 0 Å².